The number of halogens is 1. The molecule has 2 N–H and O–H groups in total. The first-order valence-corrected chi connectivity index (χ1v) is 6.57. The van der Waals surface area contributed by atoms with Gasteiger partial charge in [0.25, 0.3) is 0 Å². The highest BCUT2D eigenvalue weighted by Gasteiger charge is 2.29. The molecular weight excluding hydrogens is 284 g/mol. The summed E-state index contributed by atoms with van der Waals surface area (Å²) in [5.74, 6) is -0.954. The standard InChI is InChI=1S/C13H15ClN2O4/c14-9-1-3-10(4-2-9)15-13(19)16-5-6-20-8-11(16)7-12(17)18/h1-4,11H,5-8H2,(H,15,19)(H,17,18). The predicted octanol–water partition coefficient (Wildman–Crippen LogP) is 2.05. The quantitative estimate of drug-likeness (QED) is 0.895. The second-order valence-corrected chi connectivity index (χ2v) is 4.89. The highest BCUT2D eigenvalue weighted by atomic mass is 35.5. The van der Waals surface area contributed by atoms with Gasteiger partial charge < -0.3 is 20.1 Å². The minimum absolute atomic E-state index is 0.131. The first-order valence-electron chi connectivity index (χ1n) is 6.19. The third-order valence-electron chi connectivity index (χ3n) is 2.99. The van der Waals surface area contributed by atoms with E-state index in [1.807, 2.05) is 0 Å². The maximum absolute atomic E-state index is 12.2. The Morgan fingerprint density at radius 1 is 1.40 bits per heavy atom. The van der Waals surface area contributed by atoms with Crippen molar-refractivity contribution in [3.05, 3.63) is 29.3 Å². The van der Waals surface area contributed by atoms with Crippen LogP contribution in [0.2, 0.25) is 5.02 Å². The highest BCUT2D eigenvalue weighted by Crippen LogP contribution is 2.16. The number of urea groups is 1. The zero-order valence-electron chi connectivity index (χ0n) is 10.7. The van der Waals surface area contributed by atoms with Crippen LogP contribution in [0.15, 0.2) is 24.3 Å². The number of ether oxygens (including phenoxy) is 1. The van der Waals surface area contributed by atoms with E-state index in [-0.39, 0.29) is 19.1 Å². The Hall–Kier alpha value is -1.79. The molecule has 0 saturated carbocycles. The molecule has 2 rings (SSSR count). The number of anilines is 1. The minimum atomic E-state index is -0.954. The maximum atomic E-state index is 12.2. The molecule has 1 aromatic carbocycles. The van der Waals surface area contributed by atoms with Crippen molar-refractivity contribution in [1.82, 2.24) is 4.90 Å². The molecule has 6 nitrogen and oxygen atoms in total. The van der Waals surface area contributed by atoms with E-state index in [2.05, 4.69) is 5.32 Å². The molecule has 0 aromatic heterocycles. The average molecular weight is 299 g/mol. The Kier molecular flexibility index (Phi) is 4.81. The number of amides is 2. The van der Waals surface area contributed by atoms with E-state index in [4.69, 9.17) is 21.4 Å². The molecule has 1 saturated heterocycles. The van der Waals surface area contributed by atoms with Crippen molar-refractivity contribution >= 4 is 29.3 Å². The van der Waals surface area contributed by atoms with Gasteiger partial charge in [-0.2, -0.15) is 0 Å². The van der Waals surface area contributed by atoms with Crippen LogP contribution in [0.25, 0.3) is 0 Å². The number of carbonyl (C=O) groups is 2. The summed E-state index contributed by atoms with van der Waals surface area (Å²) in [5.41, 5.74) is 0.611. The lowest BCUT2D eigenvalue weighted by molar-refractivity contribution is -0.139. The van der Waals surface area contributed by atoms with E-state index in [9.17, 15) is 9.59 Å². The number of carboxylic acids is 1. The second-order valence-electron chi connectivity index (χ2n) is 4.46. The number of hydrogen-bond acceptors (Lipinski definition) is 3. The Morgan fingerprint density at radius 3 is 2.75 bits per heavy atom. The molecule has 1 heterocycles. The van der Waals surface area contributed by atoms with Crippen LogP contribution in [0, 0.1) is 0 Å². The van der Waals surface area contributed by atoms with Gasteiger partial charge in [0.2, 0.25) is 0 Å². The molecule has 1 unspecified atom stereocenters. The number of rotatable bonds is 3. The molecule has 0 aliphatic carbocycles. The first-order chi connectivity index (χ1) is 9.56. The van der Waals surface area contributed by atoms with E-state index in [0.29, 0.717) is 23.9 Å². The fraction of sp³-hybridized carbons (Fsp3) is 0.385. The molecule has 0 spiro atoms. The van der Waals surface area contributed by atoms with Crippen LogP contribution in [0.1, 0.15) is 6.42 Å². The van der Waals surface area contributed by atoms with Gasteiger partial charge in [0, 0.05) is 17.3 Å². The summed E-state index contributed by atoms with van der Waals surface area (Å²) in [7, 11) is 0. The summed E-state index contributed by atoms with van der Waals surface area (Å²) in [6, 6.07) is 5.94. The van der Waals surface area contributed by atoms with Gasteiger partial charge in [-0.25, -0.2) is 4.79 Å². The van der Waals surface area contributed by atoms with Gasteiger partial charge in [-0.15, -0.1) is 0 Å². The minimum Gasteiger partial charge on any atom is -0.481 e. The van der Waals surface area contributed by atoms with E-state index in [1.165, 1.54) is 4.90 Å². The van der Waals surface area contributed by atoms with E-state index in [1.54, 1.807) is 24.3 Å². The van der Waals surface area contributed by atoms with Gasteiger partial charge in [-0.3, -0.25) is 4.79 Å². The summed E-state index contributed by atoms with van der Waals surface area (Å²) < 4.78 is 5.23. The lowest BCUT2D eigenvalue weighted by Gasteiger charge is -2.34. The number of hydrogen-bond donors (Lipinski definition) is 2. The van der Waals surface area contributed by atoms with Gasteiger partial charge in [-0.1, -0.05) is 11.6 Å². The van der Waals surface area contributed by atoms with E-state index >= 15 is 0 Å². The highest BCUT2D eigenvalue weighted by molar-refractivity contribution is 6.30. The number of morpholine rings is 1. The predicted molar refractivity (Wildman–Crippen MR) is 74.0 cm³/mol. The molecule has 2 amide bonds. The Labute approximate surface area is 121 Å². The van der Waals surface area contributed by atoms with Gasteiger partial charge >= 0.3 is 12.0 Å². The fourth-order valence-corrected chi connectivity index (χ4v) is 2.15. The van der Waals surface area contributed by atoms with Crippen molar-refractivity contribution in [1.29, 1.82) is 0 Å². The van der Waals surface area contributed by atoms with Gasteiger partial charge in [0.15, 0.2) is 0 Å². The molecule has 1 aliphatic heterocycles. The normalized spacial score (nSPS) is 18.6. The van der Waals surface area contributed by atoms with Gasteiger partial charge in [0.05, 0.1) is 25.7 Å². The molecule has 1 fully saturated rings. The molecule has 7 heteroatoms. The summed E-state index contributed by atoms with van der Waals surface area (Å²) in [5, 5.41) is 12.2. The van der Waals surface area contributed by atoms with Crippen molar-refractivity contribution in [3.63, 3.8) is 0 Å². The van der Waals surface area contributed by atoms with Crippen molar-refractivity contribution < 1.29 is 19.4 Å². The Bertz CT molecular complexity index is 492. The van der Waals surface area contributed by atoms with Crippen LogP contribution in [0.3, 0.4) is 0 Å². The lowest BCUT2D eigenvalue weighted by Crippen LogP contribution is -2.51. The second kappa shape index (κ2) is 6.58. The maximum Gasteiger partial charge on any atom is 0.322 e. The monoisotopic (exact) mass is 298 g/mol. The number of nitrogens with one attached hydrogen (secondary N) is 1. The molecule has 1 aliphatic rings. The summed E-state index contributed by atoms with van der Waals surface area (Å²) in [4.78, 5) is 24.5. The zero-order chi connectivity index (χ0) is 14.5. The summed E-state index contributed by atoms with van der Waals surface area (Å²) in [6.45, 7) is 1.02. The molecule has 1 aromatic rings. The third-order valence-corrected chi connectivity index (χ3v) is 3.25. The van der Waals surface area contributed by atoms with Crippen molar-refractivity contribution in [2.75, 3.05) is 25.1 Å². The summed E-state index contributed by atoms with van der Waals surface area (Å²) in [6.07, 6.45) is -0.131. The Balaban J connectivity index is 2.01. The molecule has 0 radical (unpaired) electrons. The average Bonchev–Trinajstić information content (AvgIpc) is 2.41. The number of nitrogens with zero attached hydrogens (tertiary/aromatic N) is 1. The van der Waals surface area contributed by atoms with Crippen LogP contribution >= 0.6 is 11.6 Å². The van der Waals surface area contributed by atoms with Crippen LogP contribution < -0.4 is 5.32 Å². The first kappa shape index (κ1) is 14.6. The smallest absolute Gasteiger partial charge is 0.322 e. The van der Waals surface area contributed by atoms with Crippen molar-refractivity contribution in [2.45, 2.75) is 12.5 Å². The molecule has 108 valence electrons. The van der Waals surface area contributed by atoms with Gasteiger partial charge in [-0.05, 0) is 24.3 Å². The molecule has 20 heavy (non-hydrogen) atoms. The van der Waals surface area contributed by atoms with Crippen LogP contribution in [0.4, 0.5) is 10.5 Å². The molecule has 0 bridgehead atoms. The van der Waals surface area contributed by atoms with E-state index in [0.717, 1.165) is 0 Å². The number of carbonyl (C=O) groups excluding carboxylic acids is 1. The van der Waals surface area contributed by atoms with Crippen LogP contribution in [-0.4, -0.2) is 47.8 Å². The number of carboxylic acid groups (broad SMARTS) is 1. The van der Waals surface area contributed by atoms with Crippen molar-refractivity contribution in [3.8, 4) is 0 Å². The fourth-order valence-electron chi connectivity index (χ4n) is 2.02. The SMILES string of the molecule is O=C(O)CC1COCCN1C(=O)Nc1ccc(Cl)cc1. The van der Waals surface area contributed by atoms with Crippen LogP contribution in [-0.2, 0) is 9.53 Å². The molecule has 1 atom stereocenters. The molecular formula is C13H15ClN2O4. The zero-order valence-corrected chi connectivity index (χ0v) is 11.5. The van der Waals surface area contributed by atoms with E-state index < -0.39 is 12.0 Å². The van der Waals surface area contributed by atoms with Gasteiger partial charge in [0.1, 0.15) is 0 Å². The number of aliphatic carboxylic acids is 1. The largest absolute Gasteiger partial charge is 0.481 e. The Morgan fingerprint density at radius 2 is 2.10 bits per heavy atom. The van der Waals surface area contributed by atoms with Crippen LogP contribution in [0.5, 0.6) is 0 Å². The third kappa shape index (κ3) is 3.85. The lowest BCUT2D eigenvalue weighted by atomic mass is 10.1. The topological polar surface area (TPSA) is 78.9 Å². The summed E-state index contributed by atoms with van der Waals surface area (Å²) >= 11 is 5.77. The van der Waals surface area contributed by atoms with Crippen molar-refractivity contribution in [2.24, 2.45) is 0 Å². The number of benzene rings is 1.